The van der Waals surface area contributed by atoms with Gasteiger partial charge in [0.15, 0.2) is 5.69 Å². The van der Waals surface area contributed by atoms with E-state index in [4.69, 9.17) is 16.3 Å². The summed E-state index contributed by atoms with van der Waals surface area (Å²) in [4.78, 5) is 15.3. The molecule has 0 radical (unpaired) electrons. The van der Waals surface area contributed by atoms with Gasteiger partial charge in [0.05, 0.1) is 5.69 Å². The van der Waals surface area contributed by atoms with Gasteiger partial charge in [0, 0.05) is 16.8 Å². The molecule has 0 N–H and O–H groups in total. The molecule has 0 aliphatic heterocycles. The maximum absolute atomic E-state index is 13.2. The molecule has 0 aliphatic carbocycles. The van der Waals surface area contributed by atoms with Crippen molar-refractivity contribution in [1.29, 1.82) is 0 Å². The van der Waals surface area contributed by atoms with Gasteiger partial charge in [0.2, 0.25) is 5.90 Å². The zero-order chi connectivity index (χ0) is 21.2. The van der Waals surface area contributed by atoms with Crippen LogP contribution in [0, 0.1) is 13.8 Å². The van der Waals surface area contributed by atoms with Crippen LogP contribution in [-0.2, 0) is 15.7 Å². The van der Waals surface area contributed by atoms with Gasteiger partial charge in [-0.2, -0.15) is 18.3 Å². The van der Waals surface area contributed by atoms with Gasteiger partial charge >= 0.3 is 6.18 Å². The number of halogens is 4. The number of carbonyl (C=O) groups excluding carboxylic acids is 1. The highest BCUT2D eigenvalue weighted by Gasteiger charge is 2.36. The predicted octanol–water partition coefficient (Wildman–Crippen LogP) is 5.69. The van der Waals surface area contributed by atoms with Gasteiger partial charge in [-0.3, -0.25) is 4.79 Å². The first-order valence-corrected chi connectivity index (χ1v) is 8.61. The molecule has 0 saturated heterocycles. The number of nitrogens with zero attached hydrogens (tertiary/aromatic N) is 3. The first kappa shape index (κ1) is 21.7. The second-order valence-electron chi connectivity index (χ2n) is 6.43. The molecule has 0 atom stereocenters. The molecule has 2 rings (SSSR count). The van der Waals surface area contributed by atoms with Crippen molar-refractivity contribution in [2.45, 2.75) is 40.8 Å². The Kier molecular flexibility index (Phi) is 6.34. The van der Waals surface area contributed by atoms with Gasteiger partial charge in [-0.1, -0.05) is 17.2 Å². The van der Waals surface area contributed by atoms with Crippen LogP contribution >= 0.6 is 11.6 Å². The van der Waals surface area contributed by atoms with Gasteiger partial charge < -0.3 is 4.74 Å². The Morgan fingerprint density at radius 2 is 1.75 bits per heavy atom. The number of benzene rings is 1. The first-order valence-electron chi connectivity index (χ1n) is 8.23. The van der Waals surface area contributed by atoms with Crippen LogP contribution < -0.4 is 0 Å². The van der Waals surface area contributed by atoms with E-state index in [2.05, 4.69) is 10.1 Å². The number of hydrogen-bond donors (Lipinski definition) is 0. The molecule has 1 heterocycles. The van der Waals surface area contributed by atoms with Crippen LogP contribution in [-0.4, -0.2) is 22.2 Å². The lowest BCUT2D eigenvalue weighted by Gasteiger charge is -2.12. The second-order valence-corrected chi connectivity index (χ2v) is 6.87. The zero-order valence-electron chi connectivity index (χ0n) is 16.0. The number of allylic oxidation sites excluding steroid dienone is 2. The van der Waals surface area contributed by atoms with E-state index in [1.165, 1.54) is 0 Å². The summed E-state index contributed by atoms with van der Waals surface area (Å²) in [6.07, 6.45) is -4.67. The lowest BCUT2D eigenvalue weighted by atomic mass is 10.1. The Labute approximate surface area is 165 Å². The van der Waals surface area contributed by atoms with Crippen LogP contribution in [0.25, 0.3) is 5.70 Å². The monoisotopic (exact) mass is 413 g/mol. The Bertz CT molecular complexity index is 948. The Morgan fingerprint density at radius 1 is 1.18 bits per heavy atom. The first-order chi connectivity index (χ1) is 13.0. The Morgan fingerprint density at radius 3 is 2.21 bits per heavy atom. The van der Waals surface area contributed by atoms with Crippen molar-refractivity contribution in [3.05, 3.63) is 51.3 Å². The summed E-state index contributed by atoms with van der Waals surface area (Å²) >= 11 is 6.01. The van der Waals surface area contributed by atoms with E-state index < -0.39 is 11.9 Å². The van der Waals surface area contributed by atoms with Crippen LogP contribution in [0.5, 0.6) is 0 Å². The minimum Gasteiger partial charge on any atom is -0.407 e. The van der Waals surface area contributed by atoms with Crippen molar-refractivity contribution < 1.29 is 22.7 Å². The van der Waals surface area contributed by atoms with Crippen LogP contribution in [0.15, 0.2) is 28.8 Å². The molecule has 0 unspecified atom stereocenters. The maximum atomic E-state index is 13.2. The molecule has 0 aliphatic rings. The van der Waals surface area contributed by atoms with Gasteiger partial charge in [-0.05, 0) is 57.9 Å². The highest BCUT2D eigenvalue weighted by atomic mass is 35.5. The number of hydrogen-bond acceptors (Lipinski definition) is 4. The molecule has 1 aromatic carbocycles. The van der Waals surface area contributed by atoms with Crippen molar-refractivity contribution in [2.75, 3.05) is 0 Å². The van der Waals surface area contributed by atoms with E-state index in [-0.39, 0.29) is 18.1 Å². The fourth-order valence-electron chi connectivity index (χ4n) is 2.51. The molecule has 0 fully saturated rings. The SMILES string of the molecule is CC(C)=C(C)n1nc(C(F)(F)F)cc1/C(=N/c1c(C)cc(Cl)cc1C)OC=O. The molecular weight excluding hydrogens is 395 g/mol. The normalized spacial score (nSPS) is 12.1. The van der Waals surface area contributed by atoms with E-state index in [1.807, 2.05) is 0 Å². The highest BCUT2D eigenvalue weighted by molar-refractivity contribution is 6.30. The van der Waals surface area contributed by atoms with Crippen LogP contribution in [0.2, 0.25) is 5.02 Å². The molecule has 2 aromatic rings. The van der Waals surface area contributed by atoms with Gasteiger partial charge in [0.1, 0.15) is 5.69 Å². The maximum Gasteiger partial charge on any atom is 0.435 e. The average Bonchev–Trinajstić information content (AvgIpc) is 3.01. The molecule has 0 saturated carbocycles. The number of aliphatic imine (C=N–C) groups is 1. The third kappa shape index (κ3) is 4.62. The third-order valence-electron chi connectivity index (χ3n) is 4.09. The summed E-state index contributed by atoms with van der Waals surface area (Å²) in [7, 11) is 0. The average molecular weight is 414 g/mol. The number of aryl methyl sites for hydroxylation is 2. The summed E-state index contributed by atoms with van der Waals surface area (Å²) in [5.41, 5.74) is 1.79. The molecule has 0 bridgehead atoms. The van der Waals surface area contributed by atoms with Crippen molar-refractivity contribution in [2.24, 2.45) is 4.99 Å². The smallest absolute Gasteiger partial charge is 0.407 e. The van der Waals surface area contributed by atoms with E-state index >= 15 is 0 Å². The van der Waals surface area contributed by atoms with Gasteiger partial charge in [-0.25, -0.2) is 9.67 Å². The van der Waals surface area contributed by atoms with Crippen LogP contribution in [0.3, 0.4) is 0 Å². The minimum atomic E-state index is -4.67. The molecule has 0 amide bonds. The molecular formula is C19H19ClF3N3O2. The molecule has 150 valence electrons. The van der Waals surface area contributed by atoms with E-state index in [0.717, 1.165) is 16.3 Å². The summed E-state index contributed by atoms with van der Waals surface area (Å²) in [6, 6.07) is 4.12. The van der Waals surface area contributed by atoms with Crippen molar-refractivity contribution in [1.82, 2.24) is 9.78 Å². The van der Waals surface area contributed by atoms with E-state index in [9.17, 15) is 18.0 Å². The molecule has 9 heteroatoms. The summed E-state index contributed by atoms with van der Waals surface area (Å²) in [5.74, 6) is -0.299. The predicted molar refractivity (Wildman–Crippen MR) is 102 cm³/mol. The zero-order valence-corrected chi connectivity index (χ0v) is 16.7. The largest absolute Gasteiger partial charge is 0.435 e. The number of carbonyl (C=O) groups is 1. The van der Waals surface area contributed by atoms with E-state index in [0.29, 0.717) is 27.5 Å². The van der Waals surface area contributed by atoms with Crippen molar-refractivity contribution in [3.63, 3.8) is 0 Å². The van der Waals surface area contributed by atoms with Crippen LogP contribution in [0.1, 0.15) is 43.3 Å². The fraction of sp³-hybridized carbons (Fsp3) is 0.316. The summed E-state index contributed by atoms with van der Waals surface area (Å²) < 4.78 is 45.7. The van der Waals surface area contributed by atoms with Crippen LogP contribution in [0.4, 0.5) is 18.9 Å². The number of rotatable bonds is 4. The molecule has 5 nitrogen and oxygen atoms in total. The lowest BCUT2D eigenvalue weighted by molar-refractivity contribution is -0.141. The summed E-state index contributed by atoms with van der Waals surface area (Å²) in [6.45, 7) is 8.69. The number of aromatic nitrogens is 2. The fourth-order valence-corrected chi connectivity index (χ4v) is 2.84. The Balaban J connectivity index is 2.78. The summed E-state index contributed by atoms with van der Waals surface area (Å²) in [5, 5.41) is 4.14. The van der Waals surface area contributed by atoms with Crippen molar-refractivity contribution >= 4 is 35.4 Å². The van der Waals surface area contributed by atoms with E-state index in [1.54, 1.807) is 46.8 Å². The standard InChI is InChI=1S/C19H19ClF3N3O2/c1-10(2)13(5)26-15(8-16(25-26)19(21,22)23)18(28-9-27)24-17-11(3)6-14(20)7-12(17)4/h6-9H,1-5H3/b24-18-. The third-order valence-corrected chi connectivity index (χ3v) is 4.31. The molecule has 0 spiro atoms. The molecule has 28 heavy (non-hydrogen) atoms. The van der Waals surface area contributed by atoms with Gasteiger partial charge in [0.25, 0.3) is 6.47 Å². The van der Waals surface area contributed by atoms with Crippen molar-refractivity contribution in [3.8, 4) is 0 Å². The minimum absolute atomic E-state index is 0.0909. The quantitative estimate of drug-likeness (QED) is 0.367. The molecule has 1 aromatic heterocycles. The number of alkyl halides is 3. The second kappa shape index (κ2) is 8.18. The van der Waals surface area contributed by atoms with Gasteiger partial charge in [-0.15, -0.1) is 0 Å². The highest BCUT2D eigenvalue weighted by Crippen LogP contribution is 2.32. The lowest BCUT2D eigenvalue weighted by Crippen LogP contribution is -2.13. The topological polar surface area (TPSA) is 56.5 Å². The Hall–Kier alpha value is -2.61. The number of ether oxygens (including phenoxy) is 1.